The number of rotatable bonds is 1. The second kappa shape index (κ2) is 4.35. The maximum atomic E-state index is 13.3. The molecule has 0 aliphatic heterocycles. The highest BCUT2D eigenvalue weighted by Crippen LogP contribution is 2.27. The molecule has 19 heavy (non-hydrogen) atoms. The van der Waals surface area contributed by atoms with Gasteiger partial charge in [0.15, 0.2) is 0 Å². The van der Waals surface area contributed by atoms with Crippen LogP contribution in [0.1, 0.15) is 5.56 Å². The Labute approximate surface area is 110 Å². The van der Waals surface area contributed by atoms with Gasteiger partial charge in [0, 0.05) is 16.6 Å². The van der Waals surface area contributed by atoms with Crippen LogP contribution in [0.25, 0.3) is 22.2 Å². The summed E-state index contributed by atoms with van der Waals surface area (Å²) in [6, 6.07) is 14.5. The lowest BCUT2D eigenvalue weighted by Crippen LogP contribution is -1.93. The molecule has 0 unspecified atom stereocenters. The molecule has 2 aromatic carbocycles. The van der Waals surface area contributed by atoms with Crippen molar-refractivity contribution < 1.29 is 4.39 Å². The Morgan fingerprint density at radius 1 is 1.05 bits per heavy atom. The number of aryl methyl sites for hydroxylation is 1. The Hall–Kier alpha value is -2.42. The highest BCUT2D eigenvalue weighted by Gasteiger charge is 2.06. The summed E-state index contributed by atoms with van der Waals surface area (Å²) in [5.41, 5.74) is 9.82. The SMILES string of the molecule is Cc1cc(-c2cc(N)c3ccccc3n2)ccc1F. The summed E-state index contributed by atoms with van der Waals surface area (Å²) in [7, 11) is 0. The van der Waals surface area contributed by atoms with E-state index in [0.29, 0.717) is 11.3 Å². The van der Waals surface area contributed by atoms with Gasteiger partial charge >= 0.3 is 0 Å². The number of benzene rings is 2. The number of pyridine rings is 1. The number of aromatic nitrogens is 1. The van der Waals surface area contributed by atoms with Crippen LogP contribution in [0.5, 0.6) is 0 Å². The summed E-state index contributed by atoms with van der Waals surface area (Å²) in [6.07, 6.45) is 0. The van der Waals surface area contributed by atoms with Crippen LogP contribution in [-0.2, 0) is 0 Å². The zero-order valence-electron chi connectivity index (χ0n) is 10.5. The van der Waals surface area contributed by atoms with E-state index in [9.17, 15) is 4.39 Å². The predicted octanol–water partition coefficient (Wildman–Crippen LogP) is 3.93. The zero-order chi connectivity index (χ0) is 13.4. The van der Waals surface area contributed by atoms with Crippen LogP contribution in [0, 0.1) is 12.7 Å². The minimum atomic E-state index is -0.211. The zero-order valence-corrected chi connectivity index (χ0v) is 10.5. The van der Waals surface area contributed by atoms with E-state index in [1.54, 1.807) is 19.1 Å². The molecule has 0 saturated carbocycles. The molecule has 3 rings (SSSR count). The maximum Gasteiger partial charge on any atom is 0.126 e. The van der Waals surface area contributed by atoms with Crippen molar-refractivity contribution in [1.82, 2.24) is 4.98 Å². The van der Waals surface area contributed by atoms with Crippen LogP contribution in [0.15, 0.2) is 48.5 Å². The minimum absolute atomic E-state index is 0.211. The van der Waals surface area contributed by atoms with Gasteiger partial charge in [-0.15, -0.1) is 0 Å². The quantitative estimate of drug-likeness (QED) is 0.712. The Kier molecular flexibility index (Phi) is 2.67. The Balaban J connectivity index is 2.22. The first kappa shape index (κ1) is 11.7. The van der Waals surface area contributed by atoms with Crippen LogP contribution in [0.2, 0.25) is 0 Å². The van der Waals surface area contributed by atoms with Gasteiger partial charge < -0.3 is 5.73 Å². The first-order chi connectivity index (χ1) is 9.15. The number of hydrogen-bond donors (Lipinski definition) is 1. The second-order valence-corrected chi connectivity index (χ2v) is 4.58. The fourth-order valence-corrected chi connectivity index (χ4v) is 2.15. The third kappa shape index (κ3) is 2.03. The van der Waals surface area contributed by atoms with Crippen molar-refractivity contribution in [3.63, 3.8) is 0 Å². The van der Waals surface area contributed by atoms with E-state index >= 15 is 0 Å². The van der Waals surface area contributed by atoms with Crippen molar-refractivity contribution in [2.75, 3.05) is 5.73 Å². The monoisotopic (exact) mass is 252 g/mol. The van der Waals surface area contributed by atoms with Crippen molar-refractivity contribution >= 4 is 16.6 Å². The Morgan fingerprint density at radius 2 is 1.84 bits per heavy atom. The lowest BCUT2D eigenvalue weighted by Gasteiger charge is -2.07. The van der Waals surface area contributed by atoms with Gasteiger partial charge in [-0.1, -0.05) is 18.2 Å². The smallest absolute Gasteiger partial charge is 0.126 e. The van der Waals surface area contributed by atoms with Crippen LogP contribution < -0.4 is 5.73 Å². The minimum Gasteiger partial charge on any atom is -0.398 e. The molecule has 3 heteroatoms. The number of anilines is 1. The number of nitrogens with zero attached hydrogens (tertiary/aromatic N) is 1. The van der Waals surface area contributed by atoms with Crippen molar-refractivity contribution in [2.24, 2.45) is 0 Å². The first-order valence-corrected chi connectivity index (χ1v) is 6.07. The van der Waals surface area contributed by atoms with E-state index in [0.717, 1.165) is 22.2 Å². The predicted molar refractivity (Wildman–Crippen MR) is 76.3 cm³/mol. The molecular weight excluding hydrogens is 239 g/mol. The van der Waals surface area contributed by atoms with Gasteiger partial charge in [-0.25, -0.2) is 9.37 Å². The van der Waals surface area contributed by atoms with E-state index in [-0.39, 0.29) is 5.82 Å². The fourth-order valence-electron chi connectivity index (χ4n) is 2.15. The summed E-state index contributed by atoms with van der Waals surface area (Å²) in [5.74, 6) is -0.211. The van der Waals surface area contributed by atoms with Gasteiger partial charge in [0.1, 0.15) is 5.82 Å². The molecule has 0 aliphatic rings. The fraction of sp³-hybridized carbons (Fsp3) is 0.0625. The molecule has 1 aromatic heterocycles. The Morgan fingerprint density at radius 3 is 2.63 bits per heavy atom. The largest absolute Gasteiger partial charge is 0.398 e. The van der Waals surface area contributed by atoms with Gasteiger partial charge in [0.25, 0.3) is 0 Å². The standard InChI is InChI=1S/C16H13FN2/c1-10-8-11(6-7-13(10)17)16-9-14(18)12-4-2-3-5-15(12)19-16/h2-9H,1H3,(H2,18,19). The molecule has 0 amide bonds. The molecule has 0 bridgehead atoms. The molecule has 0 aliphatic carbocycles. The molecule has 0 saturated heterocycles. The lowest BCUT2D eigenvalue weighted by atomic mass is 10.1. The molecule has 0 fully saturated rings. The summed E-state index contributed by atoms with van der Waals surface area (Å²) in [4.78, 5) is 4.57. The van der Waals surface area contributed by atoms with E-state index < -0.39 is 0 Å². The highest BCUT2D eigenvalue weighted by molar-refractivity contribution is 5.92. The molecule has 1 heterocycles. The van der Waals surface area contributed by atoms with Gasteiger partial charge in [0.05, 0.1) is 11.2 Å². The number of halogens is 1. The lowest BCUT2D eigenvalue weighted by molar-refractivity contribution is 0.619. The normalized spacial score (nSPS) is 10.8. The van der Waals surface area contributed by atoms with E-state index in [2.05, 4.69) is 4.98 Å². The number of para-hydroxylation sites is 1. The van der Waals surface area contributed by atoms with Crippen molar-refractivity contribution in [1.29, 1.82) is 0 Å². The molecule has 2 nitrogen and oxygen atoms in total. The van der Waals surface area contributed by atoms with Crippen LogP contribution in [0.3, 0.4) is 0 Å². The van der Waals surface area contributed by atoms with Gasteiger partial charge in [-0.2, -0.15) is 0 Å². The molecular formula is C16H13FN2. The average Bonchev–Trinajstić information content (AvgIpc) is 2.42. The van der Waals surface area contributed by atoms with Gasteiger partial charge in [-0.05, 0) is 42.8 Å². The van der Waals surface area contributed by atoms with E-state index in [4.69, 9.17) is 5.73 Å². The molecule has 0 radical (unpaired) electrons. The summed E-state index contributed by atoms with van der Waals surface area (Å²) in [6.45, 7) is 1.74. The van der Waals surface area contributed by atoms with Crippen molar-refractivity contribution in [3.05, 3.63) is 59.9 Å². The number of nitrogen functional groups attached to an aromatic ring is 1. The third-order valence-electron chi connectivity index (χ3n) is 3.20. The van der Waals surface area contributed by atoms with Crippen LogP contribution >= 0.6 is 0 Å². The van der Waals surface area contributed by atoms with Gasteiger partial charge in [-0.3, -0.25) is 0 Å². The number of fused-ring (bicyclic) bond motifs is 1. The topological polar surface area (TPSA) is 38.9 Å². The molecule has 2 N–H and O–H groups in total. The maximum absolute atomic E-state index is 13.3. The second-order valence-electron chi connectivity index (χ2n) is 4.58. The molecule has 94 valence electrons. The summed E-state index contributed by atoms with van der Waals surface area (Å²) < 4.78 is 13.3. The molecule has 0 atom stereocenters. The first-order valence-electron chi connectivity index (χ1n) is 6.07. The van der Waals surface area contributed by atoms with Gasteiger partial charge in [0.2, 0.25) is 0 Å². The van der Waals surface area contributed by atoms with Crippen molar-refractivity contribution in [3.8, 4) is 11.3 Å². The number of nitrogens with two attached hydrogens (primary N) is 1. The van der Waals surface area contributed by atoms with Crippen LogP contribution in [-0.4, -0.2) is 4.98 Å². The highest BCUT2D eigenvalue weighted by atomic mass is 19.1. The Bertz CT molecular complexity index is 766. The summed E-state index contributed by atoms with van der Waals surface area (Å²) >= 11 is 0. The molecule has 0 spiro atoms. The summed E-state index contributed by atoms with van der Waals surface area (Å²) in [5, 5.41) is 0.935. The van der Waals surface area contributed by atoms with E-state index in [1.807, 2.05) is 30.3 Å². The molecule has 3 aromatic rings. The average molecular weight is 252 g/mol. The van der Waals surface area contributed by atoms with Crippen molar-refractivity contribution in [2.45, 2.75) is 6.92 Å². The third-order valence-corrected chi connectivity index (χ3v) is 3.20. The number of hydrogen-bond acceptors (Lipinski definition) is 2. The van der Waals surface area contributed by atoms with Crippen LogP contribution in [0.4, 0.5) is 10.1 Å². The van der Waals surface area contributed by atoms with E-state index in [1.165, 1.54) is 6.07 Å².